The van der Waals surface area contributed by atoms with Crippen molar-refractivity contribution in [1.29, 1.82) is 0 Å². The molecule has 1 aromatic heterocycles. The maximum absolute atomic E-state index is 13.0. The van der Waals surface area contributed by atoms with Crippen LogP contribution in [-0.2, 0) is 24.2 Å². The Morgan fingerprint density at radius 3 is 2.49 bits per heavy atom. The molecule has 0 aliphatic carbocycles. The Kier molecular flexibility index (Phi) is 9.86. The first kappa shape index (κ1) is 27.8. The molecule has 7 heteroatoms. The predicted molar refractivity (Wildman–Crippen MR) is 144 cm³/mol. The van der Waals surface area contributed by atoms with Crippen LogP contribution in [-0.4, -0.2) is 33.6 Å². The number of aryl methyl sites for hydroxylation is 1. The zero-order valence-corrected chi connectivity index (χ0v) is 22.9. The van der Waals surface area contributed by atoms with E-state index in [-0.39, 0.29) is 16.6 Å². The smallest absolute Gasteiger partial charge is 0.338 e. The average molecular weight is 522 g/mol. The zero-order valence-electron chi connectivity index (χ0n) is 21.4. The van der Waals surface area contributed by atoms with E-state index in [0.29, 0.717) is 36.1 Å². The van der Waals surface area contributed by atoms with Crippen LogP contribution in [0.15, 0.2) is 35.1 Å². The third-order valence-corrected chi connectivity index (χ3v) is 7.11. The molecule has 192 valence electrons. The molecule has 0 spiro atoms. The van der Waals surface area contributed by atoms with Gasteiger partial charge in [-0.15, -0.1) is 0 Å². The zero-order chi connectivity index (χ0) is 25.6. The van der Waals surface area contributed by atoms with Gasteiger partial charge in [0.15, 0.2) is 0 Å². The Morgan fingerprint density at radius 2 is 1.83 bits per heavy atom. The molecule has 0 radical (unpaired) electrons. The number of pyridine rings is 1. The van der Waals surface area contributed by atoms with E-state index in [1.54, 1.807) is 22.8 Å². The van der Waals surface area contributed by atoms with Crippen LogP contribution in [0.4, 0.5) is 0 Å². The van der Waals surface area contributed by atoms with Crippen LogP contribution < -0.4 is 5.56 Å². The largest absolute Gasteiger partial charge is 0.456 e. The van der Waals surface area contributed by atoms with E-state index in [1.807, 2.05) is 32.9 Å². The SMILES string of the molecule is CCCCCC1CCCN1Cc1c(Cl)cc(Cl)c(=O)n1CCc1ccc(C(=O)OC(C)(C)C)cc1. The third kappa shape index (κ3) is 7.83. The Morgan fingerprint density at radius 1 is 1.11 bits per heavy atom. The number of nitrogens with zero attached hydrogens (tertiary/aromatic N) is 2. The standard InChI is InChI=1S/C28H38Cl2N2O3/c1-5-6-7-9-22-10-8-16-31(22)19-25-23(29)18-24(30)26(33)32(25)17-15-20-11-13-21(14-12-20)27(34)35-28(2,3)4/h11-14,18,22H,5-10,15-17,19H2,1-4H3. The van der Waals surface area contributed by atoms with Crippen LogP contribution in [0.3, 0.4) is 0 Å². The number of benzene rings is 1. The maximum atomic E-state index is 13.0. The van der Waals surface area contributed by atoms with E-state index in [2.05, 4.69) is 11.8 Å². The lowest BCUT2D eigenvalue weighted by atomic mass is 10.1. The highest BCUT2D eigenvalue weighted by Gasteiger charge is 2.26. The van der Waals surface area contributed by atoms with E-state index in [9.17, 15) is 9.59 Å². The van der Waals surface area contributed by atoms with Crippen molar-refractivity contribution in [3.63, 3.8) is 0 Å². The minimum Gasteiger partial charge on any atom is -0.456 e. The lowest BCUT2D eigenvalue weighted by Crippen LogP contribution is -2.33. The lowest BCUT2D eigenvalue weighted by molar-refractivity contribution is 0.00695. The highest BCUT2D eigenvalue weighted by Crippen LogP contribution is 2.27. The van der Waals surface area contributed by atoms with Crippen LogP contribution in [0.1, 0.15) is 87.8 Å². The van der Waals surface area contributed by atoms with Crippen molar-refractivity contribution in [2.24, 2.45) is 0 Å². The molecule has 2 aromatic rings. The number of likely N-dealkylation sites (tertiary alicyclic amines) is 1. The first-order chi connectivity index (χ1) is 16.6. The summed E-state index contributed by atoms with van der Waals surface area (Å²) in [6.07, 6.45) is 7.89. The second kappa shape index (κ2) is 12.4. The van der Waals surface area contributed by atoms with Gasteiger partial charge in [-0.2, -0.15) is 0 Å². The Balaban J connectivity index is 1.74. The van der Waals surface area contributed by atoms with Gasteiger partial charge in [-0.05, 0) is 76.8 Å². The average Bonchev–Trinajstić information content (AvgIpc) is 3.23. The summed E-state index contributed by atoms with van der Waals surface area (Å²) in [7, 11) is 0. The van der Waals surface area contributed by atoms with Crippen LogP contribution in [0.5, 0.6) is 0 Å². The van der Waals surface area contributed by atoms with Gasteiger partial charge < -0.3 is 9.30 Å². The molecule has 0 saturated carbocycles. The van der Waals surface area contributed by atoms with E-state index >= 15 is 0 Å². The maximum Gasteiger partial charge on any atom is 0.338 e. The summed E-state index contributed by atoms with van der Waals surface area (Å²) in [5.74, 6) is -0.344. The van der Waals surface area contributed by atoms with Crippen molar-refractivity contribution < 1.29 is 9.53 Å². The van der Waals surface area contributed by atoms with E-state index < -0.39 is 5.60 Å². The second-order valence-electron chi connectivity index (χ2n) is 10.5. The first-order valence-corrected chi connectivity index (χ1v) is 13.5. The molecule has 3 rings (SSSR count). The Labute approximate surface area is 219 Å². The minimum absolute atomic E-state index is 0.139. The van der Waals surface area contributed by atoms with Gasteiger partial charge in [0.05, 0.1) is 16.3 Å². The van der Waals surface area contributed by atoms with Gasteiger partial charge in [-0.1, -0.05) is 61.5 Å². The number of esters is 1. The molecule has 1 aromatic carbocycles. The van der Waals surface area contributed by atoms with Crippen molar-refractivity contribution in [2.45, 2.75) is 97.4 Å². The van der Waals surface area contributed by atoms with Crippen molar-refractivity contribution in [1.82, 2.24) is 9.47 Å². The number of halogens is 2. The number of unbranched alkanes of at least 4 members (excludes halogenated alkanes) is 2. The number of carbonyl (C=O) groups is 1. The van der Waals surface area contributed by atoms with E-state index in [0.717, 1.165) is 17.8 Å². The molecule has 1 aliphatic rings. The van der Waals surface area contributed by atoms with Gasteiger partial charge >= 0.3 is 5.97 Å². The number of carbonyl (C=O) groups excluding carboxylic acids is 1. The Bertz CT molecular complexity index is 1060. The quantitative estimate of drug-likeness (QED) is 0.252. The summed E-state index contributed by atoms with van der Waals surface area (Å²) in [4.78, 5) is 27.8. The molecule has 1 aliphatic heterocycles. The van der Waals surface area contributed by atoms with Gasteiger partial charge in [-0.25, -0.2) is 4.79 Å². The lowest BCUT2D eigenvalue weighted by Gasteiger charge is -2.26. The molecule has 2 heterocycles. The molecular formula is C28H38Cl2N2O3. The summed E-state index contributed by atoms with van der Waals surface area (Å²) in [6.45, 7) is 9.91. The number of aromatic nitrogens is 1. The normalized spacial score (nSPS) is 16.6. The molecule has 0 N–H and O–H groups in total. The monoisotopic (exact) mass is 520 g/mol. The molecule has 5 nitrogen and oxygen atoms in total. The molecule has 1 saturated heterocycles. The summed E-state index contributed by atoms with van der Waals surface area (Å²) < 4.78 is 7.17. The molecule has 1 atom stereocenters. The molecule has 1 unspecified atom stereocenters. The minimum atomic E-state index is -0.538. The molecule has 1 fully saturated rings. The fourth-order valence-electron chi connectivity index (χ4n) is 4.67. The van der Waals surface area contributed by atoms with Crippen molar-refractivity contribution in [3.05, 3.63) is 67.6 Å². The number of rotatable bonds is 10. The van der Waals surface area contributed by atoms with E-state index in [4.69, 9.17) is 27.9 Å². The molecular weight excluding hydrogens is 483 g/mol. The van der Waals surface area contributed by atoms with E-state index in [1.165, 1.54) is 38.5 Å². The molecule has 0 bridgehead atoms. The third-order valence-electron chi connectivity index (χ3n) is 6.51. The van der Waals surface area contributed by atoms with Crippen molar-refractivity contribution in [2.75, 3.05) is 6.54 Å². The number of hydrogen-bond acceptors (Lipinski definition) is 4. The van der Waals surface area contributed by atoms with Crippen LogP contribution in [0.25, 0.3) is 0 Å². The fourth-order valence-corrected chi connectivity index (χ4v) is 5.21. The van der Waals surface area contributed by atoms with Crippen LogP contribution in [0.2, 0.25) is 10.0 Å². The van der Waals surface area contributed by atoms with Crippen LogP contribution in [0, 0.1) is 0 Å². The fraction of sp³-hybridized carbons (Fsp3) is 0.571. The van der Waals surface area contributed by atoms with Gasteiger partial charge in [0.25, 0.3) is 5.56 Å². The topological polar surface area (TPSA) is 51.5 Å². The van der Waals surface area contributed by atoms with Crippen molar-refractivity contribution >= 4 is 29.2 Å². The number of hydrogen-bond donors (Lipinski definition) is 0. The first-order valence-electron chi connectivity index (χ1n) is 12.7. The van der Waals surface area contributed by atoms with Gasteiger partial charge in [0, 0.05) is 19.1 Å². The number of ether oxygens (including phenoxy) is 1. The van der Waals surface area contributed by atoms with Crippen LogP contribution >= 0.6 is 23.2 Å². The highest BCUT2D eigenvalue weighted by atomic mass is 35.5. The predicted octanol–water partition coefficient (Wildman–Crippen LogP) is 6.90. The molecule has 35 heavy (non-hydrogen) atoms. The van der Waals surface area contributed by atoms with Gasteiger partial charge in [0.1, 0.15) is 10.6 Å². The Hall–Kier alpha value is -1.82. The van der Waals surface area contributed by atoms with Gasteiger partial charge in [0.2, 0.25) is 0 Å². The summed E-state index contributed by atoms with van der Waals surface area (Å²) in [6, 6.07) is 9.46. The summed E-state index contributed by atoms with van der Waals surface area (Å²) in [5.41, 5.74) is 1.61. The second-order valence-corrected chi connectivity index (χ2v) is 11.3. The van der Waals surface area contributed by atoms with Gasteiger partial charge in [-0.3, -0.25) is 9.69 Å². The summed E-state index contributed by atoms with van der Waals surface area (Å²) in [5, 5.41) is 0.675. The summed E-state index contributed by atoms with van der Waals surface area (Å²) >= 11 is 12.9. The van der Waals surface area contributed by atoms with Crippen molar-refractivity contribution in [3.8, 4) is 0 Å². The highest BCUT2D eigenvalue weighted by molar-refractivity contribution is 6.34. The molecule has 0 amide bonds.